The van der Waals surface area contributed by atoms with E-state index in [0.717, 1.165) is 78.8 Å². The molecule has 42 heavy (non-hydrogen) atoms. The quantitative estimate of drug-likeness (QED) is 0.331. The van der Waals surface area contributed by atoms with Gasteiger partial charge < -0.3 is 24.2 Å². The van der Waals surface area contributed by atoms with Crippen LogP contribution in [0.5, 0.6) is 5.75 Å². The van der Waals surface area contributed by atoms with Crippen LogP contribution < -0.4 is 4.74 Å². The maximum atomic E-state index is 13.9. The fraction of sp³-hybridized carbons (Fsp3) is 0.543. The number of hydrogen-bond donors (Lipinski definition) is 1. The number of carbonyl (C=O) groups is 2. The monoisotopic (exact) mass is 571 g/mol. The zero-order chi connectivity index (χ0) is 29.4. The Morgan fingerprint density at radius 3 is 2.57 bits per heavy atom. The Hall–Kier alpha value is -3.32. The number of nitrogens with zero attached hydrogens (tertiary/aromatic N) is 3. The van der Waals surface area contributed by atoms with E-state index in [1.54, 1.807) is 13.2 Å². The van der Waals surface area contributed by atoms with E-state index in [1.807, 2.05) is 18.2 Å². The molecule has 7 nitrogen and oxygen atoms in total. The van der Waals surface area contributed by atoms with Crippen LogP contribution in [0.4, 0.5) is 0 Å². The molecule has 6 rings (SSSR count). The molecule has 1 aromatic heterocycles. The molecule has 3 aromatic rings. The molecule has 0 bridgehead atoms. The lowest BCUT2D eigenvalue weighted by molar-refractivity contribution is -0.135. The number of rotatable bonds is 8. The minimum atomic E-state index is -0.929. The predicted molar refractivity (Wildman–Crippen MR) is 166 cm³/mol. The van der Waals surface area contributed by atoms with Crippen LogP contribution in [-0.2, 0) is 17.8 Å². The first kappa shape index (κ1) is 28.8. The minimum Gasteiger partial charge on any atom is -0.496 e. The first-order valence-electron chi connectivity index (χ1n) is 15.9. The molecule has 0 radical (unpaired) electrons. The number of fused-ring (bicyclic) bond motifs is 2. The van der Waals surface area contributed by atoms with E-state index in [9.17, 15) is 14.7 Å². The number of piperidine rings is 1. The lowest BCUT2D eigenvalue weighted by atomic mass is 9.81. The van der Waals surface area contributed by atoms with Gasteiger partial charge in [0.15, 0.2) is 0 Å². The summed E-state index contributed by atoms with van der Waals surface area (Å²) in [7, 11) is 3.88. The van der Waals surface area contributed by atoms with Crippen molar-refractivity contribution < 1.29 is 19.4 Å². The molecule has 0 spiro atoms. The second-order valence-corrected chi connectivity index (χ2v) is 12.7. The summed E-state index contributed by atoms with van der Waals surface area (Å²) in [4.78, 5) is 30.5. The zero-order valence-electron chi connectivity index (χ0n) is 25.4. The molecule has 1 saturated carbocycles. The van der Waals surface area contributed by atoms with Crippen molar-refractivity contribution >= 4 is 22.8 Å². The van der Waals surface area contributed by atoms with Crippen molar-refractivity contribution in [2.24, 2.45) is 5.92 Å². The molecule has 224 valence electrons. The molecule has 1 N–H and O–H groups in total. The van der Waals surface area contributed by atoms with E-state index in [0.29, 0.717) is 30.8 Å². The van der Waals surface area contributed by atoms with Crippen LogP contribution in [0.3, 0.4) is 0 Å². The van der Waals surface area contributed by atoms with Gasteiger partial charge in [0, 0.05) is 60.7 Å². The normalized spacial score (nSPS) is 21.5. The lowest BCUT2D eigenvalue weighted by Crippen LogP contribution is -2.48. The van der Waals surface area contributed by atoms with Crippen molar-refractivity contribution in [3.63, 3.8) is 0 Å². The van der Waals surface area contributed by atoms with E-state index >= 15 is 0 Å². The predicted octanol–water partition coefficient (Wildman–Crippen LogP) is 6.57. The summed E-state index contributed by atoms with van der Waals surface area (Å²) in [5.41, 5.74) is 5.93. The van der Waals surface area contributed by atoms with Crippen LogP contribution in [0.15, 0.2) is 36.4 Å². The highest BCUT2D eigenvalue weighted by Gasteiger charge is 2.39. The standard InChI is InChI=1S/C35H45N3O4/c1-4-26-27(13-8-14-31(26)42-3)34-33(23-10-6-5-7-11-23)28-16-15-24(35(40)41)20-29(28)38(34)19-17-32(39)37-18-9-12-25-21-36(2)22-30(25)37/h8,13-16,20,23,25,30H,4-7,9-12,17-19,21-22H2,1-3H3,(H,40,41). The van der Waals surface area contributed by atoms with Crippen LogP contribution in [0, 0.1) is 5.92 Å². The third kappa shape index (κ3) is 5.21. The van der Waals surface area contributed by atoms with Crippen molar-refractivity contribution in [3.05, 3.63) is 53.1 Å². The van der Waals surface area contributed by atoms with E-state index in [2.05, 4.69) is 40.5 Å². The second kappa shape index (κ2) is 12.1. The van der Waals surface area contributed by atoms with Crippen molar-refractivity contribution in [2.75, 3.05) is 33.8 Å². The highest BCUT2D eigenvalue weighted by atomic mass is 16.5. The number of benzene rings is 2. The molecular weight excluding hydrogens is 526 g/mol. The Labute approximate surface area is 249 Å². The first-order chi connectivity index (χ1) is 20.4. The van der Waals surface area contributed by atoms with Gasteiger partial charge in [0.05, 0.1) is 18.4 Å². The summed E-state index contributed by atoms with van der Waals surface area (Å²) in [6.45, 7) is 5.53. The number of aromatic carboxylic acids is 1. The largest absolute Gasteiger partial charge is 0.496 e. The summed E-state index contributed by atoms with van der Waals surface area (Å²) in [6, 6.07) is 12.1. The van der Waals surface area contributed by atoms with Crippen LogP contribution >= 0.6 is 0 Å². The van der Waals surface area contributed by atoms with Gasteiger partial charge >= 0.3 is 5.97 Å². The maximum absolute atomic E-state index is 13.9. The van der Waals surface area contributed by atoms with Gasteiger partial charge in [-0.3, -0.25) is 4.79 Å². The van der Waals surface area contributed by atoms with Gasteiger partial charge in [-0.1, -0.05) is 44.4 Å². The number of likely N-dealkylation sites (N-methyl/N-ethyl adjacent to an activating group) is 1. The molecule has 1 amide bonds. The van der Waals surface area contributed by atoms with E-state index in [1.165, 1.54) is 31.2 Å². The fourth-order valence-corrected chi connectivity index (χ4v) is 8.23. The van der Waals surface area contributed by atoms with Crippen molar-refractivity contribution in [1.29, 1.82) is 0 Å². The molecule has 3 fully saturated rings. The first-order valence-corrected chi connectivity index (χ1v) is 15.9. The topological polar surface area (TPSA) is 75.0 Å². The molecule has 2 aliphatic heterocycles. The van der Waals surface area contributed by atoms with Crippen LogP contribution in [-0.4, -0.2) is 71.2 Å². The number of carboxylic acids is 1. The minimum absolute atomic E-state index is 0.211. The van der Waals surface area contributed by atoms with Crippen molar-refractivity contribution in [3.8, 4) is 17.0 Å². The number of amides is 1. The van der Waals surface area contributed by atoms with Gasteiger partial charge in [-0.05, 0) is 74.8 Å². The second-order valence-electron chi connectivity index (χ2n) is 12.7. The Kier molecular flexibility index (Phi) is 8.30. The zero-order valence-corrected chi connectivity index (χ0v) is 25.4. The summed E-state index contributed by atoms with van der Waals surface area (Å²) < 4.78 is 8.10. The molecule has 2 aromatic carbocycles. The lowest BCUT2D eigenvalue weighted by Gasteiger charge is -2.37. The number of carbonyl (C=O) groups excluding carboxylic acids is 1. The molecule has 1 aliphatic carbocycles. The number of aromatic nitrogens is 1. The van der Waals surface area contributed by atoms with Gasteiger partial charge in [0.1, 0.15) is 5.75 Å². The van der Waals surface area contributed by atoms with Crippen LogP contribution in [0.25, 0.3) is 22.2 Å². The third-order valence-electron chi connectivity index (χ3n) is 10.2. The van der Waals surface area contributed by atoms with Crippen LogP contribution in [0.1, 0.15) is 85.7 Å². The Balaban J connectivity index is 1.48. The summed E-state index contributed by atoms with van der Waals surface area (Å²) in [6.07, 6.45) is 9.39. The van der Waals surface area contributed by atoms with Gasteiger partial charge in [-0.25, -0.2) is 4.79 Å². The maximum Gasteiger partial charge on any atom is 0.335 e. The number of ether oxygens (including phenoxy) is 1. The summed E-state index contributed by atoms with van der Waals surface area (Å²) in [5, 5.41) is 11.1. The van der Waals surface area contributed by atoms with Gasteiger partial charge in [0.25, 0.3) is 0 Å². The smallest absolute Gasteiger partial charge is 0.335 e. The van der Waals surface area contributed by atoms with Crippen LogP contribution in [0.2, 0.25) is 0 Å². The summed E-state index contributed by atoms with van der Waals surface area (Å²) in [5.74, 6) is 1.12. The Morgan fingerprint density at radius 1 is 1.02 bits per heavy atom. The number of likely N-dealkylation sites (tertiary alicyclic amines) is 2. The highest BCUT2D eigenvalue weighted by Crippen LogP contribution is 2.46. The summed E-state index contributed by atoms with van der Waals surface area (Å²) >= 11 is 0. The molecule has 3 heterocycles. The Bertz CT molecular complexity index is 1470. The Morgan fingerprint density at radius 2 is 1.83 bits per heavy atom. The van der Waals surface area contributed by atoms with E-state index < -0.39 is 5.97 Å². The highest BCUT2D eigenvalue weighted by molar-refractivity contribution is 5.98. The molecule has 3 aliphatic rings. The average Bonchev–Trinajstić information content (AvgIpc) is 3.56. The molecular formula is C35H45N3O4. The SMILES string of the molecule is CCc1c(OC)cccc1-c1c(C2CCCCC2)c2ccc(C(=O)O)cc2n1CCC(=O)N1CCCC2CN(C)CC21. The van der Waals surface area contributed by atoms with Crippen molar-refractivity contribution in [1.82, 2.24) is 14.4 Å². The molecule has 2 saturated heterocycles. The average molecular weight is 572 g/mol. The molecule has 7 heteroatoms. The number of aryl methyl sites for hydroxylation is 1. The van der Waals surface area contributed by atoms with Gasteiger partial charge in [0.2, 0.25) is 5.91 Å². The van der Waals surface area contributed by atoms with Gasteiger partial charge in [-0.2, -0.15) is 0 Å². The number of hydrogen-bond acceptors (Lipinski definition) is 4. The number of methoxy groups -OCH3 is 1. The fourth-order valence-electron chi connectivity index (χ4n) is 8.23. The number of carboxylic acid groups (broad SMARTS) is 1. The van der Waals surface area contributed by atoms with E-state index in [-0.39, 0.29) is 11.5 Å². The van der Waals surface area contributed by atoms with E-state index in [4.69, 9.17) is 4.74 Å². The molecule has 2 unspecified atom stereocenters. The molecule has 2 atom stereocenters. The van der Waals surface area contributed by atoms with Crippen molar-refractivity contribution in [2.45, 2.75) is 83.2 Å². The third-order valence-corrected chi connectivity index (χ3v) is 10.2. The van der Waals surface area contributed by atoms with Gasteiger partial charge in [-0.15, -0.1) is 0 Å².